The predicted octanol–water partition coefficient (Wildman–Crippen LogP) is 4.38. The molecule has 0 aliphatic carbocycles. The number of nitrogens with zero attached hydrogens (tertiary/aromatic N) is 4. The van der Waals surface area contributed by atoms with Gasteiger partial charge in [-0.05, 0) is 48.2 Å². The van der Waals surface area contributed by atoms with Crippen molar-refractivity contribution in [3.05, 3.63) is 101 Å². The van der Waals surface area contributed by atoms with Crippen LogP contribution in [0.25, 0.3) is 11.3 Å². The summed E-state index contributed by atoms with van der Waals surface area (Å²) in [5.74, 6) is 0.785. The van der Waals surface area contributed by atoms with Crippen molar-refractivity contribution in [1.82, 2.24) is 20.1 Å². The molecule has 184 valence electrons. The predicted molar refractivity (Wildman–Crippen MR) is 141 cm³/mol. The second-order valence-corrected chi connectivity index (χ2v) is 9.18. The molecule has 7 nitrogen and oxygen atoms in total. The highest BCUT2D eigenvalue weighted by atomic mass is 16.5. The Morgan fingerprint density at radius 2 is 1.78 bits per heavy atom. The van der Waals surface area contributed by atoms with Crippen molar-refractivity contribution in [3.8, 4) is 11.3 Å². The monoisotopic (exact) mass is 481 g/mol. The fraction of sp³-hybridized carbons (Fsp3) is 0.276. The number of rotatable bonds is 7. The summed E-state index contributed by atoms with van der Waals surface area (Å²) in [6.07, 6.45) is 3.67. The van der Waals surface area contributed by atoms with E-state index in [0.717, 1.165) is 48.8 Å². The van der Waals surface area contributed by atoms with E-state index in [-0.39, 0.29) is 5.91 Å². The molecule has 7 heteroatoms. The van der Waals surface area contributed by atoms with E-state index in [1.165, 1.54) is 11.1 Å². The molecule has 2 aromatic heterocycles. The van der Waals surface area contributed by atoms with Crippen molar-refractivity contribution in [2.75, 3.05) is 31.2 Å². The topological polar surface area (TPSA) is 72.3 Å². The number of carbonyl (C=O) groups is 1. The molecule has 36 heavy (non-hydrogen) atoms. The van der Waals surface area contributed by atoms with E-state index in [1.807, 2.05) is 53.5 Å². The van der Waals surface area contributed by atoms with Gasteiger partial charge in [-0.15, -0.1) is 0 Å². The van der Waals surface area contributed by atoms with Crippen LogP contribution in [-0.4, -0.2) is 47.0 Å². The Kier molecular flexibility index (Phi) is 7.09. The molecule has 0 atom stereocenters. The van der Waals surface area contributed by atoms with Crippen LogP contribution in [0, 0.1) is 13.8 Å². The number of hydrogen-bond donors (Lipinski definition) is 1. The SMILES string of the molecule is Cc1ccc(-c2nn(Cc3ccccc3)cc2C(=O)NCc2ccc(N3CCOCC3)nc2)cc1C. The van der Waals surface area contributed by atoms with Crippen molar-refractivity contribution in [2.24, 2.45) is 0 Å². The van der Waals surface area contributed by atoms with Gasteiger partial charge in [0.05, 0.1) is 25.3 Å². The normalized spacial score (nSPS) is 13.6. The van der Waals surface area contributed by atoms with Crippen LogP contribution in [0.4, 0.5) is 5.82 Å². The molecule has 0 unspecified atom stereocenters. The van der Waals surface area contributed by atoms with Gasteiger partial charge in [-0.3, -0.25) is 9.48 Å². The van der Waals surface area contributed by atoms with Crippen molar-refractivity contribution < 1.29 is 9.53 Å². The van der Waals surface area contributed by atoms with E-state index in [0.29, 0.717) is 24.3 Å². The molecular weight excluding hydrogens is 450 g/mol. The Hall–Kier alpha value is -3.97. The quantitative estimate of drug-likeness (QED) is 0.424. The van der Waals surface area contributed by atoms with E-state index in [2.05, 4.69) is 53.3 Å². The zero-order valence-electron chi connectivity index (χ0n) is 20.8. The van der Waals surface area contributed by atoms with Crippen LogP contribution in [0.5, 0.6) is 0 Å². The number of carbonyl (C=O) groups excluding carboxylic acids is 1. The van der Waals surface area contributed by atoms with E-state index < -0.39 is 0 Å². The molecule has 1 fully saturated rings. The van der Waals surface area contributed by atoms with Gasteiger partial charge in [0.1, 0.15) is 11.5 Å². The summed E-state index contributed by atoms with van der Waals surface area (Å²) in [5, 5.41) is 7.88. The first kappa shape index (κ1) is 23.8. The van der Waals surface area contributed by atoms with Gasteiger partial charge in [-0.2, -0.15) is 5.10 Å². The maximum absolute atomic E-state index is 13.3. The highest BCUT2D eigenvalue weighted by Crippen LogP contribution is 2.25. The van der Waals surface area contributed by atoms with Crippen LogP contribution in [0.1, 0.15) is 32.6 Å². The molecule has 0 spiro atoms. The van der Waals surface area contributed by atoms with E-state index in [1.54, 1.807) is 0 Å². The molecule has 2 aromatic carbocycles. The van der Waals surface area contributed by atoms with Crippen LogP contribution in [0.15, 0.2) is 73.1 Å². The van der Waals surface area contributed by atoms with Crippen LogP contribution in [-0.2, 0) is 17.8 Å². The zero-order chi connectivity index (χ0) is 24.9. The van der Waals surface area contributed by atoms with Gasteiger partial charge < -0.3 is 15.0 Å². The summed E-state index contributed by atoms with van der Waals surface area (Å²) >= 11 is 0. The Morgan fingerprint density at radius 1 is 0.972 bits per heavy atom. The fourth-order valence-corrected chi connectivity index (χ4v) is 4.32. The third kappa shape index (κ3) is 5.47. The first-order chi connectivity index (χ1) is 17.6. The smallest absolute Gasteiger partial charge is 0.255 e. The lowest BCUT2D eigenvalue weighted by Gasteiger charge is -2.27. The number of pyridine rings is 1. The lowest BCUT2D eigenvalue weighted by molar-refractivity contribution is 0.0951. The molecule has 0 bridgehead atoms. The highest BCUT2D eigenvalue weighted by molar-refractivity contribution is 5.99. The number of hydrogen-bond acceptors (Lipinski definition) is 5. The minimum Gasteiger partial charge on any atom is -0.378 e. The number of aromatic nitrogens is 3. The summed E-state index contributed by atoms with van der Waals surface area (Å²) < 4.78 is 7.26. The summed E-state index contributed by atoms with van der Waals surface area (Å²) in [4.78, 5) is 20.1. The third-order valence-corrected chi connectivity index (χ3v) is 6.57. The van der Waals surface area contributed by atoms with Crippen LogP contribution < -0.4 is 10.2 Å². The van der Waals surface area contributed by atoms with Gasteiger partial charge in [0, 0.05) is 37.6 Å². The largest absolute Gasteiger partial charge is 0.378 e. The van der Waals surface area contributed by atoms with Crippen molar-refractivity contribution in [1.29, 1.82) is 0 Å². The molecule has 3 heterocycles. The van der Waals surface area contributed by atoms with Gasteiger partial charge >= 0.3 is 0 Å². The lowest BCUT2D eigenvalue weighted by Crippen LogP contribution is -2.36. The number of ether oxygens (including phenoxy) is 1. The molecule has 1 aliphatic heterocycles. The fourth-order valence-electron chi connectivity index (χ4n) is 4.32. The van der Waals surface area contributed by atoms with Gasteiger partial charge in [0.2, 0.25) is 0 Å². The maximum atomic E-state index is 13.3. The van der Waals surface area contributed by atoms with Crippen molar-refractivity contribution in [2.45, 2.75) is 26.9 Å². The first-order valence-electron chi connectivity index (χ1n) is 12.3. The van der Waals surface area contributed by atoms with Crippen LogP contribution in [0.3, 0.4) is 0 Å². The van der Waals surface area contributed by atoms with E-state index in [9.17, 15) is 4.79 Å². The Labute approximate surface area is 211 Å². The van der Waals surface area contributed by atoms with Crippen molar-refractivity contribution in [3.63, 3.8) is 0 Å². The standard InChI is InChI=1S/C29H31N5O2/c1-21-8-10-25(16-22(21)2)28-26(20-34(32-28)19-23-6-4-3-5-7-23)29(35)31-18-24-9-11-27(30-17-24)33-12-14-36-15-13-33/h3-11,16-17,20H,12-15,18-19H2,1-2H3,(H,31,35). The summed E-state index contributed by atoms with van der Waals surface area (Å²) in [6, 6.07) is 20.3. The summed E-state index contributed by atoms with van der Waals surface area (Å²) in [6.45, 7) is 8.28. The van der Waals surface area contributed by atoms with Gasteiger partial charge in [0.25, 0.3) is 5.91 Å². The van der Waals surface area contributed by atoms with Gasteiger partial charge in [-0.1, -0.05) is 48.5 Å². The van der Waals surface area contributed by atoms with Crippen LogP contribution in [0.2, 0.25) is 0 Å². The Balaban J connectivity index is 1.34. The number of aryl methyl sites for hydroxylation is 2. The number of anilines is 1. The first-order valence-corrected chi connectivity index (χ1v) is 12.3. The summed E-state index contributed by atoms with van der Waals surface area (Å²) in [7, 11) is 0. The second kappa shape index (κ2) is 10.7. The number of benzene rings is 2. The van der Waals surface area contributed by atoms with Crippen LogP contribution >= 0.6 is 0 Å². The van der Waals surface area contributed by atoms with E-state index in [4.69, 9.17) is 9.84 Å². The Bertz CT molecular complexity index is 1330. The molecule has 0 radical (unpaired) electrons. The van der Waals surface area contributed by atoms with Gasteiger partial charge in [-0.25, -0.2) is 4.98 Å². The molecule has 4 aromatic rings. The average Bonchev–Trinajstić information content (AvgIpc) is 3.34. The highest BCUT2D eigenvalue weighted by Gasteiger charge is 2.19. The minimum atomic E-state index is -0.153. The molecule has 1 aliphatic rings. The molecule has 1 N–H and O–H groups in total. The molecular formula is C29H31N5O2. The average molecular weight is 482 g/mol. The molecule has 5 rings (SSSR count). The minimum absolute atomic E-state index is 0.153. The molecule has 0 saturated carbocycles. The summed E-state index contributed by atoms with van der Waals surface area (Å²) in [5.41, 5.74) is 6.64. The Morgan fingerprint density at radius 3 is 2.50 bits per heavy atom. The van der Waals surface area contributed by atoms with Crippen molar-refractivity contribution >= 4 is 11.7 Å². The van der Waals surface area contributed by atoms with Gasteiger partial charge in [0.15, 0.2) is 0 Å². The molecule has 1 amide bonds. The number of amides is 1. The lowest BCUT2D eigenvalue weighted by atomic mass is 10.0. The zero-order valence-corrected chi connectivity index (χ0v) is 20.8. The maximum Gasteiger partial charge on any atom is 0.255 e. The second-order valence-electron chi connectivity index (χ2n) is 9.18. The van der Waals surface area contributed by atoms with E-state index >= 15 is 0 Å². The third-order valence-electron chi connectivity index (χ3n) is 6.57. The number of morpholine rings is 1. The molecule has 1 saturated heterocycles. The number of nitrogens with one attached hydrogen (secondary N) is 1.